The van der Waals surface area contributed by atoms with E-state index in [9.17, 15) is 5.11 Å². The van der Waals surface area contributed by atoms with Gasteiger partial charge in [-0.1, -0.05) is 6.42 Å². The molecule has 0 radical (unpaired) electrons. The molecule has 1 aromatic heterocycles. The van der Waals surface area contributed by atoms with E-state index in [0.29, 0.717) is 11.6 Å². The van der Waals surface area contributed by atoms with Crippen LogP contribution in [-0.2, 0) is 13.6 Å². The molecule has 18 heavy (non-hydrogen) atoms. The number of aliphatic hydroxyl groups is 1. The van der Waals surface area contributed by atoms with Crippen LogP contribution in [0.3, 0.4) is 0 Å². The van der Waals surface area contributed by atoms with E-state index in [1.165, 1.54) is 6.42 Å². The van der Waals surface area contributed by atoms with Crippen LogP contribution in [0.15, 0.2) is 12.3 Å². The standard InChI is InChI=1S/C14H21N3O/c1-17-10-12(5-13(17)7-15)9-16-8-11-3-2-4-14(18)6-11/h5,10-11,14,16,18H,2-4,6,8-9H2,1H3. The molecular weight excluding hydrogens is 226 g/mol. The van der Waals surface area contributed by atoms with Crippen molar-refractivity contribution in [2.24, 2.45) is 13.0 Å². The molecule has 1 aliphatic rings. The van der Waals surface area contributed by atoms with Gasteiger partial charge in [0.05, 0.1) is 6.10 Å². The average molecular weight is 247 g/mol. The van der Waals surface area contributed by atoms with Crippen molar-refractivity contribution in [2.75, 3.05) is 6.54 Å². The van der Waals surface area contributed by atoms with Gasteiger partial charge in [0, 0.05) is 19.8 Å². The van der Waals surface area contributed by atoms with Crippen LogP contribution in [0, 0.1) is 17.2 Å². The van der Waals surface area contributed by atoms with E-state index in [-0.39, 0.29) is 6.10 Å². The van der Waals surface area contributed by atoms with Gasteiger partial charge in [0.2, 0.25) is 0 Å². The number of nitrogens with zero attached hydrogens (tertiary/aromatic N) is 2. The molecule has 0 bridgehead atoms. The second-order valence-electron chi connectivity index (χ2n) is 5.27. The zero-order valence-corrected chi connectivity index (χ0v) is 10.9. The molecule has 1 fully saturated rings. The van der Waals surface area contributed by atoms with Crippen LogP contribution in [-0.4, -0.2) is 22.3 Å². The fraction of sp³-hybridized carbons (Fsp3) is 0.643. The summed E-state index contributed by atoms with van der Waals surface area (Å²) >= 11 is 0. The Hall–Kier alpha value is -1.31. The van der Waals surface area contributed by atoms with Crippen molar-refractivity contribution in [1.29, 1.82) is 5.26 Å². The minimum Gasteiger partial charge on any atom is -0.393 e. The van der Waals surface area contributed by atoms with Gasteiger partial charge in [-0.3, -0.25) is 0 Å². The summed E-state index contributed by atoms with van der Waals surface area (Å²) in [4.78, 5) is 0. The Morgan fingerprint density at radius 2 is 2.39 bits per heavy atom. The second kappa shape index (κ2) is 6.03. The van der Waals surface area contributed by atoms with Crippen LogP contribution in [0.2, 0.25) is 0 Å². The maximum Gasteiger partial charge on any atom is 0.120 e. The molecular formula is C14H21N3O. The molecule has 0 aliphatic heterocycles. The van der Waals surface area contributed by atoms with Crippen LogP contribution >= 0.6 is 0 Å². The van der Waals surface area contributed by atoms with Gasteiger partial charge in [-0.05, 0) is 43.4 Å². The summed E-state index contributed by atoms with van der Waals surface area (Å²) in [5, 5.41) is 21.9. The molecule has 1 aromatic rings. The Balaban J connectivity index is 1.76. The van der Waals surface area contributed by atoms with Gasteiger partial charge in [-0.2, -0.15) is 5.26 Å². The van der Waals surface area contributed by atoms with Gasteiger partial charge in [0.25, 0.3) is 0 Å². The molecule has 0 saturated heterocycles. The lowest BCUT2D eigenvalue weighted by Gasteiger charge is -2.25. The molecule has 2 rings (SSSR count). The molecule has 4 heteroatoms. The summed E-state index contributed by atoms with van der Waals surface area (Å²) < 4.78 is 1.85. The van der Waals surface area contributed by atoms with Crippen LogP contribution in [0.1, 0.15) is 36.9 Å². The van der Waals surface area contributed by atoms with Crippen LogP contribution in [0.25, 0.3) is 0 Å². The van der Waals surface area contributed by atoms with Crippen molar-refractivity contribution in [3.8, 4) is 6.07 Å². The van der Waals surface area contributed by atoms with Crippen molar-refractivity contribution >= 4 is 0 Å². The summed E-state index contributed by atoms with van der Waals surface area (Å²) in [6, 6.07) is 4.08. The third-order valence-electron chi connectivity index (χ3n) is 3.69. The fourth-order valence-corrected chi connectivity index (χ4v) is 2.71. The Kier molecular flexibility index (Phi) is 4.40. The first-order chi connectivity index (χ1) is 8.69. The van der Waals surface area contributed by atoms with Crippen molar-refractivity contribution in [1.82, 2.24) is 9.88 Å². The Labute approximate surface area is 108 Å². The highest BCUT2D eigenvalue weighted by Crippen LogP contribution is 2.23. The monoisotopic (exact) mass is 247 g/mol. The maximum atomic E-state index is 9.60. The Morgan fingerprint density at radius 1 is 1.56 bits per heavy atom. The second-order valence-corrected chi connectivity index (χ2v) is 5.27. The highest BCUT2D eigenvalue weighted by atomic mass is 16.3. The first-order valence-corrected chi connectivity index (χ1v) is 6.63. The summed E-state index contributed by atoms with van der Waals surface area (Å²) in [6.45, 7) is 1.75. The molecule has 0 spiro atoms. The minimum atomic E-state index is -0.104. The molecule has 2 N–H and O–H groups in total. The third-order valence-corrected chi connectivity index (χ3v) is 3.69. The summed E-state index contributed by atoms with van der Waals surface area (Å²) in [7, 11) is 1.89. The van der Waals surface area contributed by atoms with Crippen LogP contribution in [0.4, 0.5) is 0 Å². The number of nitrogens with one attached hydrogen (secondary N) is 1. The number of aliphatic hydroxyl groups excluding tert-OH is 1. The third kappa shape index (κ3) is 3.34. The average Bonchev–Trinajstić information content (AvgIpc) is 2.70. The first kappa shape index (κ1) is 13.1. The number of aryl methyl sites for hydroxylation is 1. The summed E-state index contributed by atoms with van der Waals surface area (Å²) in [5.41, 5.74) is 1.84. The number of nitriles is 1. The number of hydrogen-bond donors (Lipinski definition) is 2. The van der Waals surface area contributed by atoms with Gasteiger partial charge in [0.15, 0.2) is 0 Å². The molecule has 1 heterocycles. The van der Waals surface area contributed by atoms with Gasteiger partial charge < -0.3 is 15.0 Å². The highest BCUT2D eigenvalue weighted by molar-refractivity contribution is 5.28. The smallest absolute Gasteiger partial charge is 0.120 e. The lowest BCUT2D eigenvalue weighted by molar-refractivity contribution is 0.101. The fourth-order valence-electron chi connectivity index (χ4n) is 2.71. The van der Waals surface area contributed by atoms with Gasteiger partial charge in [-0.25, -0.2) is 0 Å². The molecule has 0 amide bonds. The van der Waals surface area contributed by atoms with Crippen molar-refractivity contribution in [2.45, 2.75) is 38.3 Å². The van der Waals surface area contributed by atoms with Gasteiger partial charge in [-0.15, -0.1) is 0 Å². The predicted octanol–water partition coefficient (Wildman–Crippen LogP) is 1.54. The Bertz CT molecular complexity index is 433. The van der Waals surface area contributed by atoms with Gasteiger partial charge >= 0.3 is 0 Å². The Morgan fingerprint density at radius 3 is 3.06 bits per heavy atom. The van der Waals surface area contributed by atoms with Crippen molar-refractivity contribution in [3.05, 3.63) is 23.5 Å². The highest BCUT2D eigenvalue weighted by Gasteiger charge is 2.19. The number of aromatic nitrogens is 1. The van der Waals surface area contributed by atoms with E-state index in [2.05, 4.69) is 11.4 Å². The molecule has 1 aliphatic carbocycles. The lowest BCUT2D eigenvalue weighted by Crippen LogP contribution is -2.28. The quantitative estimate of drug-likeness (QED) is 0.848. The van der Waals surface area contributed by atoms with E-state index < -0.39 is 0 Å². The van der Waals surface area contributed by atoms with E-state index in [0.717, 1.165) is 37.9 Å². The summed E-state index contributed by atoms with van der Waals surface area (Å²) in [6.07, 6.45) is 6.11. The minimum absolute atomic E-state index is 0.104. The summed E-state index contributed by atoms with van der Waals surface area (Å²) in [5.74, 6) is 0.591. The van der Waals surface area contributed by atoms with Crippen molar-refractivity contribution < 1.29 is 5.11 Å². The molecule has 2 atom stereocenters. The van der Waals surface area contributed by atoms with Gasteiger partial charge in [0.1, 0.15) is 11.8 Å². The molecule has 4 nitrogen and oxygen atoms in total. The molecule has 0 aromatic carbocycles. The largest absolute Gasteiger partial charge is 0.393 e. The zero-order valence-electron chi connectivity index (χ0n) is 10.9. The topological polar surface area (TPSA) is 61.0 Å². The first-order valence-electron chi connectivity index (χ1n) is 6.63. The lowest BCUT2D eigenvalue weighted by atomic mass is 9.87. The van der Waals surface area contributed by atoms with Crippen molar-refractivity contribution in [3.63, 3.8) is 0 Å². The molecule has 98 valence electrons. The number of hydrogen-bond acceptors (Lipinski definition) is 3. The molecule has 2 unspecified atom stereocenters. The van der Waals surface area contributed by atoms with E-state index in [1.807, 2.05) is 23.9 Å². The molecule has 1 saturated carbocycles. The van der Waals surface area contributed by atoms with Crippen LogP contribution in [0.5, 0.6) is 0 Å². The SMILES string of the molecule is Cn1cc(CNCC2CCCC(O)C2)cc1C#N. The van der Waals surface area contributed by atoms with E-state index in [4.69, 9.17) is 5.26 Å². The van der Waals surface area contributed by atoms with E-state index >= 15 is 0 Å². The maximum absolute atomic E-state index is 9.60. The number of rotatable bonds is 4. The zero-order chi connectivity index (χ0) is 13.0. The van der Waals surface area contributed by atoms with Crippen LogP contribution < -0.4 is 5.32 Å². The van der Waals surface area contributed by atoms with E-state index in [1.54, 1.807) is 0 Å². The predicted molar refractivity (Wildman–Crippen MR) is 69.8 cm³/mol. The normalized spacial score (nSPS) is 23.8.